The standard InChI is InChI=1S/C20H37NO4/c1-2-3-4-5-6-7-8-9-10-11-12-18(20(23)24)17-19(22)21-13-15-25-16-14-21/h18H,2-17H2,1H3,(H,23,24). The van der Waals surface area contributed by atoms with Gasteiger partial charge in [0.05, 0.1) is 19.1 Å². The fourth-order valence-corrected chi connectivity index (χ4v) is 3.34. The van der Waals surface area contributed by atoms with E-state index in [0.717, 1.165) is 12.8 Å². The summed E-state index contributed by atoms with van der Waals surface area (Å²) in [7, 11) is 0. The SMILES string of the molecule is CCCCCCCCCCCCC(CC(=O)N1CCOCC1)C(=O)O. The molecule has 0 spiro atoms. The molecular formula is C20H37NO4. The summed E-state index contributed by atoms with van der Waals surface area (Å²) in [6.45, 7) is 4.52. The van der Waals surface area contributed by atoms with Crippen molar-refractivity contribution in [1.82, 2.24) is 4.90 Å². The zero-order valence-corrected chi connectivity index (χ0v) is 16.0. The van der Waals surface area contributed by atoms with Gasteiger partial charge in [0.2, 0.25) is 5.91 Å². The Hall–Kier alpha value is -1.10. The number of morpholine rings is 1. The van der Waals surface area contributed by atoms with Crippen LogP contribution in [0, 0.1) is 5.92 Å². The average Bonchev–Trinajstić information content (AvgIpc) is 2.62. The number of unbranched alkanes of at least 4 members (excludes halogenated alkanes) is 9. The monoisotopic (exact) mass is 355 g/mol. The summed E-state index contributed by atoms with van der Waals surface area (Å²) in [5, 5.41) is 9.37. The van der Waals surface area contributed by atoms with Crippen molar-refractivity contribution in [1.29, 1.82) is 0 Å². The highest BCUT2D eigenvalue weighted by atomic mass is 16.5. The molecular weight excluding hydrogens is 318 g/mol. The predicted octanol–water partition coefficient (Wildman–Crippen LogP) is 4.25. The minimum absolute atomic E-state index is 0.0391. The summed E-state index contributed by atoms with van der Waals surface area (Å²) in [6, 6.07) is 0. The molecule has 1 heterocycles. The first kappa shape index (κ1) is 21.9. The van der Waals surface area contributed by atoms with E-state index in [2.05, 4.69) is 6.92 Å². The number of carbonyl (C=O) groups is 2. The minimum atomic E-state index is -0.836. The zero-order valence-electron chi connectivity index (χ0n) is 16.0. The number of amides is 1. The minimum Gasteiger partial charge on any atom is -0.481 e. The van der Waals surface area contributed by atoms with Gasteiger partial charge in [-0.1, -0.05) is 71.1 Å². The fraction of sp³-hybridized carbons (Fsp3) is 0.900. The van der Waals surface area contributed by atoms with Gasteiger partial charge >= 0.3 is 5.97 Å². The van der Waals surface area contributed by atoms with E-state index in [0.29, 0.717) is 32.7 Å². The number of rotatable bonds is 14. The van der Waals surface area contributed by atoms with E-state index in [1.54, 1.807) is 4.90 Å². The summed E-state index contributed by atoms with van der Waals surface area (Å²) in [5.41, 5.74) is 0. The summed E-state index contributed by atoms with van der Waals surface area (Å²) in [5.74, 6) is -1.41. The van der Waals surface area contributed by atoms with Crippen LogP contribution in [-0.4, -0.2) is 48.2 Å². The maximum atomic E-state index is 12.2. The van der Waals surface area contributed by atoms with Crippen LogP contribution in [0.4, 0.5) is 0 Å². The van der Waals surface area contributed by atoms with E-state index in [9.17, 15) is 14.7 Å². The molecule has 1 rings (SSSR count). The molecule has 0 radical (unpaired) electrons. The smallest absolute Gasteiger partial charge is 0.307 e. The lowest BCUT2D eigenvalue weighted by Gasteiger charge is -2.27. The molecule has 0 bridgehead atoms. The van der Waals surface area contributed by atoms with Crippen molar-refractivity contribution in [3.05, 3.63) is 0 Å². The van der Waals surface area contributed by atoms with E-state index in [1.807, 2.05) is 0 Å². The summed E-state index contributed by atoms with van der Waals surface area (Å²) < 4.78 is 5.23. The largest absolute Gasteiger partial charge is 0.481 e. The zero-order chi connectivity index (χ0) is 18.3. The van der Waals surface area contributed by atoms with Crippen LogP contribution in [0.3, 0.4) is 0 Å². The molecule has 0 aliphatic carbocycles. The quantitative estimate of drug-likeness (QED) is 0.473. The maximum Gasteiger partial charge on any atom is 0.307 e. The molecule has 5 nitrogen and oxygen atoms in total. The molecule has 1 N–H and O–H groups in total. The Morgan fingerprint density at radius 1 is 0.920 bits per heavy atom. The number of ether oxygens (including phenoxy) is 1. The molecule has 1 fully saturated rings. The molecule has 0 aromatic rings. The summed E-state index contributed by atoms with van der Waals surface area (Å²) >= 11 is 0. The van der Waals surface area contributed by atoms with Crippen molar-refractivity contribution in [3.63, 3.8) is 0 Å². The molecule has 1 unspecified atom stereocenters. The van der Waals surface area contributed by atoms with Crippen molar-refractivity contribution < 1.29 is 19.4 Å². The van der Waals surface area contributed by atoms with Crippen LogP contribution in [0.25, 0.3) is 0 Å². The van der Waals surface area contributed by atoms with Gasteiger partial charge in [-0.2, -0.15) is 0 Å². The van der Waals surface area contributed by atoms with Crippen molar-refractivity contribution >= 4 is 11.9 Å². The van der Waals surface area contributed by atoms with Gasteiger partial charge < -0.3 is 14.7 Å². The molecule has 5 heteroatoms. The van der Waals surface area contributed by atoms with E-state index in [4.69, 9.17) is 4.74 Å². The topological polar surface area (TPSA) is 66.8 Å². The van der Waals surface area contributed by atoms with Crippen molar-refractivity contribution in [2.45, 2.75) is 84.0 Å². The second-order valence-electron chi connectivity index (χ2n) is 7.20. The molecule has 25 heavy (non-hydrogen) atoms. The van der Waals surface area contributed by atoms with Crippen LogP contribution >= 0.6 is 0 Å². The number of carboxylic acids is 1. The Kier molecular flexibility index (Phi) is 12.4. The summed E-state index contributed by atoms with van der Waals surface area (Å²) in [6.07, 6.45) is 13.1. The van der Waals surface area contributed by atoms with Gasteiger partial charge in [-0.3, -0.25) is 9.59 Å². The third kappa shape index (κ3) is 10.5. The van der Waals surface area contributed by atoms with E-state index >= 15 is 0 Å². The van der Waals surface area contributed by atoms with Gasteiger partial charge in [0.25, 0.3) is 0 Å². The lowest BCUT2D eigenvalue weighted by atomic mass is 9.96. The first-order valence-electron chi connectivity index (χ1n) is 10.2. The van der Waals surface area contributed by atoms with E-state index in [-0.39, 0.29) is 12.3 Å². The lowest BCUT2D eigenvalue weighted by molar-refractivity contribution is -0.147. The molecule has 1 atom stereocenters. The van der Waals surface area contributed by atoms with Gasteiger partial charge in [-0.05, 0) is 6.42 Å². The fourth-order valence-electron chi connectivity index (χ4n) is 3.34. The maximum absolute atomic E-state index is 12.2. The van der Waals surface area contributed by atoms with Crippen molar-refractivity contribution in [3.8, 4) is 0 Å². The first-order valence-corrected chi connectivity index (χ1v) is 10.2. The molecule has 1 amide bonds. The van der Waals surface area contributed by atoms with Gasteiger partial charge in [0.1, 0.15) is 0 Å². The van der Waals surface area contributed by atoms with Crippen LogP contribution in [-0.2, 0) is 14.3 Å². The third-order valence-corrected chi connectivity index (χ3v) is 5.04. The number of aliphatic carboxylic acids is 1. The second kappa shape index (κ2) is 14.1. The molecule has 146 valence electrons. The van der Waals surface area contributed by atoms with Crippen molar-refractivity contribution in [2.75, 3.05) is 26.3 Å². The highest BCUT2D eigenvalue weighted by Crippen LogP contribution is 2.18. The molecule has 0 aromatic heterocycles. The van der Waals surface area contributed by atoms with Gasteiger partial charge in [-0.25, -0.2) is 0 Å². The van der Waals surface area contributed by atoms with Crippen molar-refractivity contribution in [2.24, 2.45) is 5.92 Å². The Morgan fingerprint density at radius 3 is 1.96 bits per heavy atom. The normalized spacial score (nSPS) is 16.0. The number of carboxylic acid groups (broad SMARTS) is 1. The van der Waals surface area contributed by atoms with E-state index in [1.165, 1.54) is 51.4 Å². The van der Waals surface area contributed by atoms with Crippen LogP contribution in [0.5, 0.6) is 0 Å². The summed E-state index contributed by atoms with van der Waals surface area (Å²) in [4.78, 5) is 25.3. The Labute approximate surface area is 153 Å². The van der Waals surface area contributed by atoms with Crippen LogP contribution in [0.15, 0.2) is 0 Å². The Balaban J connectivity index is 2.08. The molecule has 1 aliphatic heterocycles. The highest BCUT2D eigenvalue weighted by Gasteiger charge is 2.25. The lowest BCUT2D eigenvalue weighted by Crippen LogP contribution is -2.41. The Morgan fingerprint density at radius 2 is 1.44 bits per heavy atom. The average molecular weight is 356 g/mol. The third-order valence-electron chi connectivity index (χ3n) is 5.04. The van der Waals surface area contributed by atoms with Gasteiger partial charge in [-0.15, -0.1) is 0 Å². The molecule has 1 saturated heterocycles. The molecule has 1 aliphatic rings. The second-order valence-corrected chi connectivity index (χ2v) is 7.20. The van der Waals surface area contributed by atoms with Crippen LogP contribution in [0.1, 0.15) is 84.0 Å². The van der Waals surface area contributed by atoms with Crippen LogP contribution in [0.2, 0.25) is 0 Å². The first-order chi connectivity index (χ1) is 12.1. The molecule has 0 aromatic carbocycles. The number of hydrogen-bond acceptors (Lipinski definition) is 3. The highest BCUT2D eigenvalue weighted by molar-refractivity contribution is 5.82. The molecule has 0 saturated carbocycles. The Bertz CT molecular complexity index is 367. The number of carbonyl (C=O) groups excluding carboxylic acids is 1. The van der Waals surface area contributed by atoms with Gasteiger partial charge in [0, 0.05) is 19.5 Å². The number of nitrogens with zero attached hydrogens (tertiary/aromatic N) is 1. The van der Waals surface area contributed by atoms with Gasteiger partial charge in [0.15, 0.2) is 0 Å². The van der Waals surface area contributed by atoms with E-state index < -0.39 is 11.9 Å². The number of hydrogen-bond donors (Lipinski definition) is 1. The van der Waals surface area contributed by atoms with Crippen LogP contribution < -0.4 is 0 Å². The predicted molar refractivity (Wildman–Crippen MR) is 99.6 cm³/mol.